The SMILES string of the molecule is CC1=NN(C)C(=O)/C1=C\c1c(C)nn(C)c1O. The fourth-order valence-electron chi connectivity index (χ4n) is 1.80. The van der Waals surface area contributed by atoms with Crippen LogP contribution in [0.15, 0.2) is 10.7 Å². The average Bonchev–Trinajstić information content (AvgIpc) is 2.62. The second-order valence-electron chi connectivity index (χ2n) is 4.02. The molecule has 1 amide bonds. The molecule has 0 aliphatic carbocycles. The van der Waals surface area contributed by atoms with Crippen molar-refractivity contribution in [3.8, 4) is 5.88 Å². The summed E-state index contributed by atoms with van der Waals surface area (Å²) in [5.74, 6) is -0.129. The van der Waals surface area contributed by atoms with Crippen molar-refractivity contribution < 1.29 is 9.90 Å². The molecule has 1 aliphatic rings. The van der Waals surface area contributed by atoms with Crippen LogP contribution in [-0.4, -0.2) is 38.6 Å². The summed E-state index contributed by atoms with van der Waals surface area (Å²) in [7, 11) is 3.25. The molecule has 0 atom stereocenters. The van der Waals surface area contributed by atoms with Crippen LogP contribution < -0.4 is 0 Å². The first-order chi connectivity index (χ1) is 7.91. The Kier molecular flexibility index (Phi) is 2.49. The highest BCUT2D eigenvalue weighted by Gasteiger charge is 2.25. The molecule has 0 saturated carbocycles. The summed E-state index contributed by atoms with van der Waals surface area (Å²) in [4.78, 5) is 11.8. The summed E-state index contributed by atoms with van der Waals surface area (Å²) >= 11 is 0. The molecule has 2 heterocycles. The minimum atomic E-state index is -0.176. The van der Waals surface area contributed by atoms with Crippen molar-refractivity contribution in [3.63, 3.8) is 0 Å². The van der Waals surface area contributed by atoms with Gasteiger partial charge in [0.05, 0.1) is 22.5 Å². The van der Waals surface area contributed by atoms with E-state index in [1.54, 1.807) is 34.0 Å². The summed E-state index contributed by atoms with van der Waals surface area (Å²) in [6, 6.07) is 0. The summed E-state index contributed by atoms with van der Waals surface area (Å²) < 4.78 is 1.37. The second-order valence-corrected chi connectivity index (χ2v) is 4.02. The van der Waals surface area contributed by atoms with Gasteiger partial charge in [0.1, 0.15) is 0 Å². The summed E-state index contributed by atoms with van der Waals surface area (Å²) in [5, 5.41) is 19.2. The number of hydrogen-bond acceptors (Lipinski definition) is 4. The highest BCUT2D eigenvalue weighted by molar-refractivity contribution is 6.26. The van der Waals surface area contributed by atoms with Crippen LogP contribution in [0.4, 0.5) is 0 Å². The maximum atomic E-state index is 11.8. The Morgan fingerprint density at radius 2 is 1.94 bits per heavy atom. The van der Waals surface area contributed by atoms with Crippen LogP contribution in [0.3, 0.4) is 0 Å². The molecule has 0 bridgehead atoms. The second kappa shape index (κ2) is 3.73. The molecule has 6 nitrogen and oxygen atoms in total. The van der Waals surface area contributed by atoms with E-state index in [0.717, 1.165) is 0 Å². The van der Waals surface area contributed by atoms with Crippen molar-refractivity contribution in [3.05, 3.63) is 16.8 Å². The molecule has 1 aliphatic heterocycles. The number of hydrazone groups is 1. The van der Waals surface area contributed by atoms with Crippen LogP contribution in [0.2, 0.25) is 0 Å². The van der Waals surface area contributed by atoms with Crippen molar-refractivity contribution in [1.29, 1.82) is 0 Å². The maximum Gasteiger partial charge on any atom is 0.275 e. The third-order valence-corrected chi connectivity index (χ3v) is 2.74. The van der Waals surface area contributed by atoms with Crippen LogP contribution in [0.25, 0.3) is 6.08 Å². The van der Waals surface area contributed by atoms with E-state index in [0.29, 0.717) is 22.5 Å². The monoisotopic (exact) mass is 234 g/mol. The Hall–Kier alpha value is -2.11. The molecule has 90 valence electrons. The maximum absolute atomic E-state index is 11.8. The molecule has 2 rings (SSSR count). The van der Waals surface area contributed by atoms with E-state index in [1.807, 2.05) is 0 Å². The fourth-order valence-corrected chi connectivity index (χ4v) is 1.80. The number of likely N-dealkylation sites (N-methyl/N-ethyl adjacent to an activating group) is 1. The lowest BCUT2D eigenvalue weighted by atomic mass is 10.1. The molecule has 0 spiro atoms. The number of carbonyl (C=O) groups excluding carboxylic acids is 1. The van der Waals surface area contributed by atoms with Crippen LogP contribution >= 0.6 is 0 Å². The first-order valence-corrected chi connectivity index (χ1v) is 5.19. The topological polar surface area (TPSA) is 70.7 Å². The van der Waals surface area contributed by atoms with E-state index >= 15 is 0 Å². The van der Waals surface area contributed by atoms with Crippen LogP contribution in [0.5, 0.6) is 5.88 Å². The largest absolute Gasteiger partial charge is 0.493 e. The van der Waals surface area contributed by atoms with Crippen molar-refractivity contribution in [2.24, 2.45) is 12.1 Å². The predicted molar refractivity (Wildman–Crippen MR) is 63.5 cm³/mol. The zero-order valence-electron chi connectivity index (χ0n) is 10.2. The highest BCUT2D eigenvalue weighted by Crippen LogP contribution is 2.25. The zero-order chi connectivity index (χ0) is 12.7. The zero-order valence-corrected chi connectivity index (χ0v) is 10.2. The molecule has 17 heavy (non-hydrogen) atoms. The summed E-state index contributed by atoms with van der Waals surface area (Å²) in [6.07, 6.45) is 1.63. The van der Waals surface area contributed by atoms with E-state index in [-0.39, 0.29) is 11.8 Å². The summed E-state index contributed by atoms with van der Waals surface area (Å²) in [5.41, 5.74) is 2.35. The number of aryl methyl sites for hydroxylation is 2. The Labute approximate surface area is 98.8 Å². The molecule has 1 aromatic rings. The molecular formula is C11H14N4O2. The van der Waals surface area contributed by atoms with Gasteiger partial charge in [-0.25, -0.2) is 9.69 Å². The van der Waals surface area contributed by atoms with E-state index in [1.165, 1.54) is 9.69 Å². The molecule has 6 heteroatoms. The Bertz CT molecular complexity index is 554. The highest BCUT2D eigenvalue weighted by atomic mass is 16.3. The number of rotatable bonds is 1. The van der Waals surface area contributed by atoms with Gasteiger partial charge >= 0.3 is 0 Å². The van der Waals surface area contributed by atoms with Gasteiger partial charge in [-0.1, -0.05) is 0 Å². The average molecular weight is 234 g/mol. The van der Waals surface area contributed by atoms with Crippen LogP contribution in [0.1, 0.15) is 18.2 Å². The molecular weight excluding hydrogens is 220 g/mol. The van der Waals surface area contributed by atoms with Crippen LogP contribution in [0, 0.1) is 6.92 Å². The van der Waals surface area contributed by atoms with Gasteiger partial charge in [-0.2, -0.15) is 10.2 Å². The molecule has 0 unspecified atom stereocenters. The number of aromatic hydroxyl groups is 1. The van der Waals surface area contributed by atoms with Gasteiger partial charge in [0.15, 0.2) is 0 Å². The lowest BCUT2D eigenvalue weighted by Gasteiger charge is -2.01. The number of nitrogens with zero attached hydrogens (tertiary/aromatic N) is 4. The Morgan fingerprint density at radius 1 is 1.29 bits per heavy atom. The van der Waals surface area contributed by atoms with E-state index in [2.05, 4.69) is 10.2 Å². The normalized spacial score (nSPS) is 18.1. The molecule has 0 fully saturated rings. The number of amides is 1. The molecule has 1 aromatic heterocycles. The fraction of sp³-hybridized carbons (Fsp3) is 0.364. The van der Waals surface area contributed by atoms with Crippen LogP contribution in [-0.2, 0) is 11.8 Å². The third-order valence-electron chi connectivity index (χ3n) is 2.74. The molecule has 1 N–H and O–H groups in total. The number of carbonyl (C=O) groups is 1. The van der Waals surface area contributed by atoms with E-state index in [9.17, 15) is 9.90 Å². The van der Waals surface area contributed by atoms with Gasteiger partial charge in [0, 0.05) is 14.1 Å². The smallest absolute Gasteiger partial charge is 0.275 e. The standard InChI is InChI=1S/C11H14N4O2/c1-6-8(10(16)14(3)12-6)5-9-7(2)13-15(4)11(9)17/h5,16H,1-4H3/b9-5-. The van der Waals surface area contributed by atoms with Crippen molar-refractivity contribution >= 4 is 17.7 Å². The number of aromatic nitrogens is 2. The van der Waals surface area contributed by atoms with Gasteiger partial charge in [-0.3, -0.25) is 4.79 Å². The minimum Gasteiger partial charge on any atom is -0.493 e. The molecule has 0 saturated heterocycles. The summed E-state index contributed by atoms with van der Waals surface area (Å²) in [6.45, 7) is 3.54. The lowest BCUT2D eigenvalue weighted by Crippen LogP contribution is -2.16. The quantitative estimate of drug-likeness (QED) is 0.726. The first kappa shape index (κ1) is 11.4. The van der Waals surface area contributed by atoms with Crippen molar-refractivity contribution in [1.82, 2.24) is 14.8 Å². The molecule has 0 radical (unpaired) electrons. The molecule has 0 aromatic carbocycles. The van der Waals surface area contributed by atoms with Gasteiger partial charge < -0.3 is 5.11 Å². The first-order valence-electron chi connectivity index (χ1n) is 5.19. The predicted octanol–water partition coefficient (Wildman–Crippen LogP) is 0.665. The van der Waals surface area contributed by atoms with Gasteiger partial charge in [0.25, 0.3) is 5.91 Å². The third kappa shape index (κ3) is 1.71. The van der Waals surface area contributed by atoms with Gasteiger partial charge in [-0.15, -0.1) is 0 Å². The van der Waals surface area contributed by atoms with Crippen molar-refractivity contribution in [2.75, 3.05) is 7.05 Å². The number of hydrogen-bond donors (Lipinski definition) is 1. The minimum absolute atomic E-state index is 0.0464. The van der Waals surface area contributed by atoms with Gasteiger partial charge in [0.2, 0.25) is 5.88 Å². The van der Waals surface area contributed by atoms with Gasteiger partial charge in [-0.05, 0) is 19.9 Å². The lowest BCUT2D eigenvalue weighted by molar-refractivity contribution is -0.124. The van der Waals surface area contributed by atoms with E-state index < -0.39 is 0 Å². The van der Waals surface area contributed by atoms with E-state index in [4.69, 9.17) is 0 Å². The Morgan fingerprint density at radius 3 is 2.35 bits per heavy atom. The van der Waals surface area contributed by atoms with Crippen molar-refractivity contribution in [2.45, 2.75) is 13.8 Å². The Balaban J connectivity index is 2.51.